The summed E-state index contributed by atoms with van der Waals surface area (Å²) in [5.41, 5.74) is 1.85. The molecule has 0 atom stereocenters. The minimum absolute atomic E-state index is 0.0442. The summed E-state index contributed by atoms with van der Waals surface area (Å²) in [5.74, 6) is 2.07. The van der Waals surface area contributed by atoms with E-state index in [1.807, 2.05) is 13.8 Å². The third-order valence-corrected chi connectivity index (χ3v) is 7.42. The Morgan fingerprint density at radius 2 is 2.00 bits per heavy atom. The van der Waals surface area contributed by atoms with Crippen molar-refractivity contribution in [3.8, 4) is 5.75 Å². The fraction of sp³-hybridized carbons (Fsp3) is 0.464. The molecule has 3 aromatic rings. The summed E-state index contributed by atoms with van der Waals surface area (Å²) in [6.45, 7) is 6.62. The van der Waals surface area contributed by atoms with E-state index in [0.717, 1.165) is 18.7 Å². The van der Waals surface area contributed by atoms with Crippen molar-refractivity contribution in [1.29, 1.82) is 0 Å². The molecule has 2 N–H and O–H groups in total. The number of ether oxygens (including phenoxy) is 1. The van der Waals surface area contributed by atoms with E-state index in [4.69, 9.17) is 14.2 Å². The second-order valence-electron chi connectivity index (χ2n) is 10.9. The first-order chi connectivity index (χ1) is 18.7. The highest BCUT2D eigenvalue weighted by Crippen LogP contribution is 2.40. The third-order valence-electron chi connectivity index (χ3n) is 7.42. The SMILES string of the molecule is COc1cc(C(=O)NCc2cc(C)on2)ccc1Nc1ncc2c(n1)N(C1CCCC1)CC(C)(C)C(=O)N2C. The van der Waals surface area contributed by atoms with Gasteiger partial charge in [0.15, 0.2) is 5.82 Å². The highest BCUT2D eigenvalue weighted by molar-refractivity contribution is 6.01. The van der Waals surface area contributed by atoms with E-state index < -0.39 is 5.41 Å². The molecule has 0 unspecified atom stereocenters. The normalized spacial score (nSPS) is 17.1. The number of nitrogens with zero attached hydrogens (tertiary/aromatic N) is 5. The standard InChI is InChI=1S/C28H35N7O4/c1-17-12-19(33-39-17)14-29-25(36)18-10-11-21(23(13-18)38-5)31-27-30-15-22-24(32-27)35(20-8-6-7-9-20)16-28(2,3)26(37)34(22)4/h10-13,15,20H,6-9,14,16H2,1-5H3,(H,29,36)(H,30,31,32). The van der Waals surface area contributed by atoms with Crippen LogP contribution >= 0.6 is 0 Å². The number of aromatic nitrogens is 3. The van der Waals surface area contributed by atoms with Crippen LogP contribution in [0.1, 0.15) is 61.3 Å². The lowest BCUT2D eigenvalue weighted by molar-refractivity contribution is -0.125. The number of aryl methyl sites for hydroxylation is 1. The molecule has 0 spiro atoms. The third kappa shape index (κ3) is 5.39. The van der Waals surface area contributed by atoms with Crippen molar-refractivity contribution in [2.24, 2.45) is 5.41 Å². The van der Waals surface area contributed by atoms with Gasteiger partial charge >= 0.3 is 0 Å². The van der Waals surface area contributed by atoms with Gasteiger partial charge in [0.2, 0.25) is 11.9 Å². The number of nitrogens with one attached hydrogen (secondary N) is 2. The Hall–Kier alpha value is -4.15. The summed E-state index contributed by atoms with van der Waals surface area (Å²) >= 11 is 0. The van der Waals surface area contributed by atoms with E-state index in [2.05, 4.69) is 25.7 Å². The van der Waals surface area contributed by atoms with Crippen LogP contribution in [0.25, 0.3) is 0 Å². The lowest BCUT2D eigenvalue weighted by Gasteiger charge is -2.34. The molecule has 5 rings (SSSR count). The Kier molecular flexibility index (Phi) is 7.16. The van der Waals surface area contributed by atoms with Gasteiger partial charge in [-0.1, -0.05) is 18.0 Å². The Morgan fingerprint density at radius 1 is 1.23 bits per heavy atom. The zero-order valence-electron chi connectivity index (χ0n) is 23.1. The number of amides is 2. The zero-order chi connectivity index (χ0) is 27.7. The van der Waals surface area contributed by atoms with E-state index in [0.29, 0.717) is 52.7 Å². The molecular weight excluding hydrogens is 498 g/mol. The summed E-state index contributed by atoms with van der Waals surface area (Å²) < 4.78 is 10.6. The van der Waals surface area contributed by atoms with Crippen molar-refractivity contribution in [1.82, 2.24) is 20.4 Å². The highest BCUT2D eigenvalue weighted by atomic mass is 16.5. The molecule has 11 nitrogen and oxygen atoms in total. The van der Waals surface area contributed by atoms with Gasteiger partial charge in [-0.25, -0.2) is 4.98 Å². The quantitative estimate of drug-likeness (QED) is 0.459. The molecule has 206 valence electrons. The molecule has 0 radical (unpaired) electrons. The van der Waals surface area contributed by atoms with Crippen LogP contribution in [0.2, 0.25) is 0 Å². The Bertz CT molecular complexity index is 1380. The topological polar surface area (TPSA) is 126 Å². The minimum Gasteiger partial charge on any atom is -0.495 e. The van der Waals surface area contributed by atoms with Crippen LogP contribution in [0, 0.1) is 12.3 Å². The average molecular weight is 534 g/mol. The Morgan fingerprint density at radius 3 is 2.69 bits per heavy atom. The molecule has 2 aliphatic rings. The maximum Gasteiger partial charge on any atom is 0.251 e. The largest absolute Gasteiger partial charge is 0.495 e. The summed E-state index contributed by atoms with van der Waals surface area (Å²) in [5, 5.41) is 9.98. The lowest BCUT2D eigenvalue weighted by Crippen LogP contribution is -2.45. The first kappa shape index (κ1) is 26.5. The van der Waals surface area contributed by atoms with E-state index in [1.54, 1.807) is 56.4 Å². The monoisotopic (exact) mass is 533 g/mol. The van der Waals surface area contributed by atoms with Gasteiger partial charge in [-0.15, -0.1) is 0 Å². The van der Waals surface area contributed by atoms with Crippen LogP contribution in [0.15, 0.2) is 35.0 Å². The molecule has 0 saturated heterocycles. The van der Waals surface area contributed by atoms with Crippen LogP contribution in [0.5, 0.6) is 5.75 Å². The van der Waals surface area contributed by atoms with Crippen molar-refractivity contribution in [2.75, 3.05) is 35.8 Å². The van der Waals surface area contributed by atoms with Crippen molar-refractivity contribution in [2.45, 2.75) is 59.0 Å². The number of hydrogen-bond donors (Lipinski definition) is 2. The number of benzene rings is 1. The van der Waals surface area contributed by atoms with E-state index in [-0.39, 0.29) is 18.4 Å². The molecule has 2 aromatic heterocycles. The second-order valence-corrected chi connectivity index (χ2v) is 10.9. The molecule has 1 fully saturated rings. The first-order valence-corrected chi connectivity index (χ1v) is 13.2. The summed E-state index contributed by atoms with van der Waals surface area (Å²) in [6, 6.07) is 7.23. The maximum absolute atomic E-state index is 13.2. The van der Waals surface area contributed by atoms with Crippen LogP contribution in [-0.4, -0.2) is 53.7 Å². The molecule has 2 amide bonds. The van der Waals surface area contributed by atoms with E-state index in [1.165, 1.54) is 12.8 Å². The molecular formula is C28H35N7O4. The van der Waals surface area contributed by atoms with Gasteiger partial charge < -0.3 is 29.7 Å². The summed E-state index contributed by atoms with van der Waals surface area (Å²) in [7, 11) is 3.33. The van der Waals surface area contributed by atoms with E-state index in [9.17, 15) is 9.59 Å². The summed E-state index contributed by atoms with van der Waals surface area (Å²) in [4.78, 5) is 39.3. The summed E-state index contributed by atoms with van der Waals surface area (Å²) in [6.07, 6.45) is 6.20. The molecule has 11 heteroatoms. The molecule has 0 bridgehead atoms. The highest BCUT2D eigenvalue weighted by Gasteiger charge is 2.41. The van der Waals surface area contributed by atoms with Crippen LogP contribution < -0.4 is 25.2 Å². The number of carbonyl (C=O) groups is 2. The van der Waals surface area contributed by atoms with Crippen LogP contribution in [-0.2, 0) is 11.3 Å². The van der Waals surface area contributed by atoms with Crippen LogP contribution in [0.4, 0.5) is 23.1 Å². The average Bonchev–Trinajstić information content (AvgIpc) is 3.60. The number of hydrogen-bond acceptors (Lipinski definition) is 9. The van der Waals surface area contributed by atoms with Gasteiger partial charge in [0, 0.05) is 31.3 Å². The van der Waals surface area contributed by atoms with Crippen molar-refractivity contribution < 1.29 is 18.8 Å². The van der Waals surface area contributed by atoms with Gasteiger partial charge in [-0.05, 0) is 51.8 Å². The predicted molar refractivity (Wildman–Crippen MR) is 148 cm³/mol. The van der Waals surface area contributed by atoms with Crippen LogP contribution in [0.3, 0.4) is 0 Å². The van der Waals surface area contributed by atoms with Gasteiger partial charge in [0.05, 0.1) is 31.0 Å². The van der Waals surface area contributed by atoms with E-state index >= 15 is 0 Å². The predicted octanol–water partition coefficient (Wildman–Crippen LogP) is 4.21. The molecule has 1 saturated carbocycles. The minimum atomic E-state index is -0.558. The number of rotatable bonds is 7. The number of fused-ring (bicyclic) bond motifs is 1. The molecule has 3 heterocycles. The number of carbonyl (C=O) groups excluding carboxylic acids is 2. The van der Waals surface area contributed by atoms with Crippen molar-refractivity contribution in [3.63, 3.8) is 0 Å². The molecule has 1 aliphatic carbocycles. The smallest absolute Gasteiger partial charge is 0.251 e. The van der Waals surface area contributed by atoms with Crippen molar-refractivity contribution >= 4 is 35.0 Å². The fourth-order valence-electron chi connectivity index (χ4n) is 5.35. The number of anilines is 4. The molecule has 39 heavy (non-hydrogen) atoms. The Labute approximate surface area is 227 Å². The van der Waals surface area contributed by atoms with Gasteiger partial charge in [0.1, 0.15) is 22.9 Å². The Balaban J connectivity index is 1.39. The molecule has 1 aromatic carbocycles. The van der Waals surface area contributed by atoms with Gasteiger partial charge in [0.25, 0.3) is 5.91 Å². The second kappa shape index (κ2) is 10.5. The van der Waals surface area contributed by atoms with Gasteiger partial charge in [-0.2, -0.15) is 4.98 Å². The number of methoxy groups -OCH3 is 1. The fourth-order valence-corrected chi connectivity index (χ4v) is 5.35. The zero-order valence-corrected chi connectivity index (χ0v) is 23.1. The first-order valence-electron chi connectivity index (χ1n) is 13.2. The molecule has 1 aliphatic heterocycles. The maximum atomic E-state index is 13.2. The lowest BCUT2D eigenvalue weighted by atomic mass is 9.91. The van der Waals surface area contributed by atoms with Crippen molar-refractivity contribution in [3.05, 3.63) is 47.5 Å². The van der Waals surface area contributed by atoms with Gasteiger partial charge in [-0.3, -0.25) is 9.59 Å².